The number of aromatic hydroxyl groups is 1. The average Bonchev–Trinajstić information content (AvgIpc) is 2.32. The fraction of sp³-hybridized carbons (Fsp3) is 0. The van der Waals surface area contributed by atoms with Gasteiger partial charge in [-0.3, -0.25) is 4.79 Å². The van der Waals surface area contributed by atoms with Gasteiger partial charge in [-0.05, 0) is 36.4 Å². The second-order valence-electron chi connectivity index (χ2n) is 3.74. The molecule has 0 aliphatic carbocycles. The van der Waals surface area contributed by atoms with E-state index >= 15 is 0 Å². The van der Waals surface area contributed by atoms with Gasteiger partial charge in [-0.25, -0.2) is 4.39 Å². The van der Waals surface area contributed by atoms with E-state index in [-0.39, 0.29) is 22.0 Å². The molecule has 0 saturated heterocycles. The van der Waals surface area contributed by atoms with Crippen LogP contribution in [-0.2, 0) is 0 Å². The Bertz CT molecular complexity index is 649. The summed E-state index contributed by atoms with van der Waals surface area (Å²) in [6.07, 6.45) is 0. The third-order valence-corrected chi connectivity index (χ3v) is 3.19. The van der Waals surface area contributed by atoms with Crippen LogP contribution >= 0.6 is 27.5 Å². The summed E-state index contributed by atoms with van der Waals surface area (Å²) in [4.78, 5) is 11.9. The zero-order valence-corrected chi connectivity index (χ0v) is 11.8. The summed E-state index contributed by atoms with van der Waals surface area (Å²) in [7, 11) is 0. The minimum atomic E-state index is -0.529. The van der Waals surface area contributed by atoms with Gasteiger partial charge < -0.3 is 10.4 Å². The molecule has 98 valence electrons. The number of halogens is 3. The van der Waals surface area contributed by atoms with Gasteiger partial charge in [0.1, 0.15) is 11.6 Å². The molecule has 0 radical (unpaired) electrons. The quantitative estimate of drug-likeness (QED) is 0.858. The van der Waals surface area contributed by atoms with Gasteiger partial charge in [0.05, 0.1) is 16.3 Å². The summed E-state index contributed by atoms with van der Waals surface area (Å²) in [6, 6.07) is 8.13. The number of carbonyl (C=O) groups excluding carboxylic acids is 1. The molecule has 0 aliphatic rings. The highest BCUT2D eigenvalue weighted by molar-refractivity contribution is 9.10. The van der Waals surface area contributed by atoms with Crippen molar-refractivity contribution in [3.8, 4) is 5.75 Å². The van der Waals surface area contributed by atoms with Crippen molar-refractivity contribution in [1.29, 1.82) is 0 Å². The smallest absolute Gasteiger partial charge is 0.259 e. The molecule has 6 heteroatoms. The predicted octanol–water partition coefficient (Wildman–Crippen LogP) is 4.20. The van der Waals surface area contributed by atoms with E-state index in [9.17, 15) is 14.3 Å². The molecule has 3 nitrogen and oxygen atoms in total. The number of benzene rings is 2. The van der Waals surface area contributed by atoms with E-state index in [0.717, 1.165) is 6.07 Å². The number of carbonyl (C=O) groups is 1. The van der Waals surface area contributed by atoms with Crippen LogP contribution in [-0.4, -0.2) is 11.0 Å². The summed E-state index contributed by atoms with van der Waals surface area (Å²) in [5.41, 5.74) is 0.374. The maximum absolute atomic E-state index is 12.9. The second kappa shape index (κ2) is 5.59. The van der Waals surface area contributed by atoms with E-state index < -0.39 is 11.7 Å². The Morgan fingerprint density at radius 1 is 1.26 bits per heavy atom. The van der Waals surface area contributed by atoms with Gasteiger partial charge in [0.2, 0.25) is 0 Å². The molecule has 0 atom stereocenters. The van der Waals surface area contributed by atoms with Crippen LogP contribution in [0.1, 0.15) is 10.4 Å². The van der Waals surface area contributed by atoms with Gasteiger partial charge in [-0.15, -0.1) is 0 Å². The van der Waals surface area contributed by atoms with Gasteiger partial charge in [-0.1, -0.05) is 27.5 Å². The van der Waals surface area contributed by atoms with Crippen molar-refractivity contribution in [2.24, 2.45) is 0 Å². The minimum Gasteiger partial charge on any atom is -0.507 e. The van der Waals surface area contributed by atoms with Crippen LogP contribution < -0.4 is 5.32 Å². The molecule has 0 fully saturated rings. The highest BCUT2D eigenvalue weighted by atomic mass is 79.9. The van der Waals surface area contributed by atoms with Gasteiger partial charge in [-0.2, -0.15) is 0 Å². The lowest BCUT2D eigenvalue weighted by Gasteiger charge is -2.08. The Morgan fingerprint density at radius 3 is 2.63 bits per heavy atom. The zero-order chi connectivity index (χ0) is 14.0. The minimum absolute atomic E-state index is 0.0879. The standard InChI is InChI=1S/C13H8BrClFNO2/c14-7-1-3-9(12(18)5-7)13(19)17-11-4-2-8(16)6-10(11)15/h1-6,18H,(H,17,19). The zero-order valence-electron chi connectivity index (χ0n) is 9.45. The van der Waals surface area contributed by atoms with E-state index in [1.807, 2.05) is 0 Å². The number of nitrogens with one attached hydrogen (secondary N) is 1. The molecule has 0 bridgehead atoms. The van der Waals surface area contributed by atoms with E-state index in [4.69, 9.17) is 11.6 Å². The Hall–Kier alpha value is -1.59. The van der Waals surface area contributed by atoms with Gasteiger partial charge in [0.25, 0.3) is 5.91 Å². The summed E-state index contributed by atoms with van der Waals surface area (Å²) >= 11 is 8.98. The number of hydrogen-bond acceptors (Lipinski definition) is 2. The van der Waals surface area contributed by atoms with Crippen LogP contribution in [0.5, 0.6) is 5.75 Å². The summed E-state index contributed by atoms with van der Waals surface area (Å²) in [6.45, 7) is 0. The lowest BCUT2D eigenvalue weighted by Crippen LogP contribution is -2.12. The number of phenols is 1. The molecule has 0 saturated carbocycles. The van der Waals surface area contributed by atoms with Crippen LogP contribution in [0.4, 0.5) is 10.1 Å². The van der Waals surface area contributed by atoms with Gasteiger partial charge >= 0.3 is 0 Å². The summed E-state index contributed by atoms with van der Waals surface area (Å²) < 4.78 is 13.5. The molecule has 0 heterocycles. The fourth-order valence-corrected chi connectivity index (χ4v) is 2.04. The first-order valence-electron chi connectivity index (χ1n) is 5.22. The maximum atomic E-state index is 12.9. The van der Waals surface area contributed by atoms with Crippen molar-refractivity contribution in [2.75, 3.05) is 5.32 Å². The monoisotopic (exact) mass is 343 g/mol. The van der Waals surface area contributed by atoms with Crippen molar-refractivity contribution in [2.45, 2.75) is 0 Å². The maximum Gasteiger partial charge on any atom is 0.259 e. The highest BCUT2D eigenvalue weighted by Crippen LogP contribution is 2.26. The number of anilines is 1. The third kappa shape index (κ3) is 3.24. The summed E-state index contributed by atoms with van der Waals surface area (Å²) in [5, 5.41) is 12.3. The van der Waals surface area contributed by atoms with Crippen molar-refractivity contribution < 1.29 is 14.3 Å². The van der Waals surface area contributed by atoms with Crippen molar-refractivity contribution in [3.05, 3.63) is 57.3 Å². The molecule has 0 aliphatic heterocycles. The Kier molecular flexibility index (Phi) is 4.07. The second-order valence-corrected chi connectivity index (χ2v) is 5.06. The number of amides is 1. The topological polar surface area (TPSA) is 49.3 Å². The number of hydrogen-bond donors (Lipinski definition) is 2. The van der Waals surface area contributed by atoms with Crippen molar-refractivity contribution in [1.82, 2.24) is 0 Å². The first-order valence-corrected chi connectivity index (χ1v) is 6.39. The third-order valence-electron chi connectivity index (χ3n) is 2.38. The summed E-state index contributed by atoms with van der Waals surface area (Å²) in [5.74, 6) is -1.18. The van der Waals surface area contributed by atoms with Crippen LogP contribution in [0.25, 0.3) is 0 Å². The first-order chi connectivity index (χ1) is 8.97. The molecular formula is C13H8BrClFNO2. The van der Waals surface area contributed by atoms with E-state index in [1.165, 1.54) is 24.3 Å². The average molecular weight is 345 g/mol. The number of phenolic OH excluding ortho intramolecular Hbond substituents is 1. The molecular weight excluding hydrogens is 337 g/mol. The van der Waals surface area contributed by atoms with Crippen LogP contribution in [0, 0.1) is 5.82 Å². The molecule has 19 heavy (non-hydrogen) atoms. The van der Waals surface area contributed by atoms with Gasteiger partial charge in [0.15, 0.2) is 0 Å². The molecule has 0 spiro atoms. The van der Waals surface area contributed by atoms with E-state index in [1.54, 1.807) is 6.07 Å². The SMILES string of the molecule is O=C(Nc1ccc(F)cc1Cl)c1ccc(Br)cc1O. The molecule has 2 aromatic rings. The van der Waals surface area contributed by atoms with E-state index in [2.05, 4.69) is 21.2 Å². The van der Waals surface area contributed by atoms with Crippen LogP contribution in [0.3, 0.4) is 0 Å². The molecule has 2 rings (SSSR count). The Labute approximate surface area is 122 Å². The molecule has 0 aromatic heterocycles. The Balaban J connectivity index is 2.25. The first kappa shape index (κ1) is 13.8. The molecule has 1 amide bonds. The predicted molar refractivity (Wildman–Crippen MR) is 75.2 cm³/mol. The van der Waals surface area contributed by atoms with Crippen molar-refractivity contribution in [3.63, 3.8) is 0 Å². The van der Waals surface area contributed by atoms with E-state index in [0.29, 0.717) is 4.47 Å². The highest BCUT2D eigenvalue weighted by Gasteiger charge is 2.13. The molecule has 2 aromatic carbocycles. The molecule has 2 N–H and O–H groups in total. The Morgan fingerprint density at radius 2 is 2.00 bits per heavy atom. The van der Waals surface area contributed by atoms with Crippen molar-refractivity contribution >= 4 is 39.1 Å². The molecule has 0 unspecified atom stereocenters. The van der Waals surface area contributed by atoms with Crippen LogP contribution in [0.15, 0.2) is 40.9 Å². The number of rotatable bonds is 2. The largest absolute Gasteiger partial charge is 0.507 e. The van der Waals surface area contributed by atoms with Crippen LogP contribution in [0.2, 0.25) is 5.02 Å². The normalized spacial score (nSPS) is 10.3. The lowest BCUT2D eigenvalue weighted by molar-refractivity contribution is 0.102. The fourth-order valence-electron chi connectivity index (χ4n) is 1.48. The lowest BCUT2D eigenvalue weighted by atomic mass is 10.2. The van der Waals surface area contributed by atoms with Gasteiger partial charge in [0, 0.05) is 4.47 Å².